The van der Waals surface area contributed by atoms with Crippen molar-refractivity contribution in [3.05, 3.63) is 71.9 Å². The van der Waals surface area contributed by atoms with Crippen molar-refractivity contribution in [2.45, 2.75) is 46.1 Å². The van der Waals surface area contributed by atoms with Crippen molar-refractivity contribution in [1.29, 1.82) is 0 Å². The average Bonchev–Trinajstić information content (AvgIpc) is 2.81. The number of ether oxygens (including phenoxy) is 1. The number of hydrogen-bond acceptors (Lipinski definition) is 5. The molecular formula is C28H33N3O3. The lowest BCUT2D eigenvalue weighted by Gasteiger charge is -2.47. The van der Waals surface area contributed by atoms with E-state index in [9.17, 15) is 9.59 Å². The minimum absolute atomic E-state index is 0.136. The average molecular weight is 460 g/mol. The van der Waals surface area contributed by atoms with Gasteiger partial charge in [-0.15, -0.1) is 0 Å². The Bertz CT molecular complexity index is 1150. The van der Waals surface area contributed by atoms with Gasteiger partial charge in [0.05, 0.1) is 36.5 Å². The van der Waals surface area contributed by atoms with Crippen LogP contribution in [0.15, 0.2) is 60.8 Å². The number of amides is 1. The van der Waals surface area contributed by atoms with E-state index in [1.165, 1.54) is 0 Å². The van der Waals surface area contributed by atoms with Gasteiger partial charge in [-0.3, -0.25) is 14.6 Å². The lowest BCUT2D eigenvalue weighted by molar-refractivity contribution is -0.142. The Morgan fingerprint density at radius 2 is 1.85 bits per heavy atom. The lowest BCUT2D eigenvalue weighted by Crippen LogP contribution is -2.38. The molecule has 1 aliphatic carbocycles. The largest absolute Gasteiger partial charge is 0.466 e. The Kier molecular flexibility index (Phi) is 7.15. The summed E-state index contributed by atoms with van der Waals surface area (Å²) in [7, 11) is 0. The molecule has 6 heteroatoms. The number of carbonyl (C=O) groups is 2. The van der Waals surface area contributed by atoms with Gasteiger partial charge in [-0.2, -0.15) is 0 Å². The number of para-hydroxylation sites is 1. The van der Waals surface area contributed by atoms with Crippen LogP contribution in [-0.4, -0.2) is 30.0 Å². The molecule has 6 nitrogen and oxygen atoms in total. The number of nitrogens with one attached hydrogen (secondary N) is 2. The minimum Gasteiger partial charge on any atom is -0.466 e. The Morgan fingerprint density at radius 1 is 1.12 bits per heavy atom. The second-order valence-electron chi connectivity index (χ2n) is 9.80. The number of hydrogen-bond donors (Lipinski definition) is 2. The molecule has 0 aliphatic heterocycles. The molecule has 178 valence electrons. The molecule has 1 unspecified atom stereocenters. The van der Waals surface area contributed by atoms with E-state index in [1.54, 1.807) is 6.92 Å². The van der Waals surface area contributed by atoms with Crippen LogP contribution in [0.1, 0.15) is 62.0 Å². The number of benzene rings is 2. The first kappa shape index (κ1) is 23.7. The molecule has 0 spiro atoms. The summed E-state index contributed by atoms with van der Waals surface area (Å²) in [5.41, 5.74) is 4.05. The van der Waals surface area contributed by atoms with E-state index < -0.39 is 0 Å². The summed E-state index contributed by atoms with van der Waals surface area (Å²) in [5.74, 6) is 0.00764. The third kappa shape index (κ3) is 5.74. The predicted molar refractivity (Wildman–Crippen MR) is 135 cm³/mol. The number of anilines is 1. The number of esters is 1. The molecule has 1 heterocycles. The fourth-order valence-corrected chi connectivity index (χ4v) is 4.85. The van der Waals surface area contributed by atoms with Crippen LogP contribution in [-0.2, 0) is 9.53 Å². The van der Waals surface area contributed by atoms with Gasteiger partial charge >= 0.3 is 5.97 Å². The number of carbonyl (C=O) groups excluding carboxylic acids is 2. The van der Waals surface area contributed by atoms with Crippen molar-refractivity contribution in [3.8, 4) is 0 Å². The molecule has 1 amide bonds. The highest BCUT2D eigenvalue weighted by Crippen LogP contribution is 2.51. The summed E-state index contributed by atoms with van der Waals surface area (Å²) in [6.07, 6.45) is 4.34. The molecule has 0 radical (unpaired) electrons. The third-order valence-corrected chi connectivity index (χ3v) is 6.47. The lowest BCUT2D eigenvalue weighted by atomic mass is 9.61. The van der Waals surface area contributed by atoms with Crippen LogP contribution in [0.25, 0.3) is 10.9 Å². The third-order valence-electron chi connectivity index (χ3n) is 6.47. The second-order valence-corrected chi connectivity index (χ2v) is 9.80. The molecule has 1 atom stereocenters. The Labute approximate surface area is 201 Å². The van der Waals surface area contributed by atoms with E-state index in [-0.39, 0.29) is 30.9 Å². The van der Waals surface area contributed by atoms with Gasteiger partial charge in [-0.1, -0.05) is 44.2 Å². The minimum atomic E-state index is -0.307. The van der Waals surface area contributed by atoms with E-state index >= 15 is 0 Å². The molecule has 4 rings (SSSR count). The van der Waals surface area contributed by atoms with Gasteiger partial charge in [0.25, 0.3) is 5.91 Å². The fourth-order valence-electron chi connectivity index (χ4n) is 4.85. The van der Waals surface area contributed by atoms with Crippen molar-refractivity contribution in [2.75, 3.05) is 18.5 Å². The molecule has 3 aromatic rings. The van der Waals surface area contributed by atoms with Crippen molar-refractivity contribution >= 4 is 28.5 Å². The van der Waals surface area contributed by atoms with Crippen molar-refractivity contribution in [3.63, 3.8) is 0 Å². The summed E-state index contributed by atoms with van der Waals surface area (Å²) in [6, 6.07) is 18.1. The van der Waals surface area contributed by atoms with Crippen LogP contribution < -0.4 is 10.6 Å². The summed E-state index contributed by atoms with van der Waals surface area (Å²) in [5, 5.41) is 7.61. The smallest absolute Gasteiger partial charge is 0.307 e. The molecule has 1 aromatic heterocycles. The summed E-state index contributed by atoms with van der Waals surface area (Å²) in [6.45, 7) is 6.98. The van der Waals surface area contributed by atoms with Gasteiger partial charge in [-0.25, -0.2) is 0 Å². The van der Waals surface area contributed by atoms with E-state index in [0.717, 1.165) is 35.0 Å². The van der Waals surface area contributed by atoms with Gasteiger partial charge in [0, 0.05) is 17.5 Å². The topological polar surface area (TPSA) is 80.3 Å². The molecule has 0 saturated heterocycles. The van der Waals surface area contributed by atoms with Gasteiger partial charge in [0.15, 0.2) is 0 Å². The zero-order valence-electron chi connectivity index (χ0n) is 20.1. The number of nitrogens with zero attached hydrogens (tertiary/aromatic N) is 1. The van der Waals surface area contributed by atoms with E-state index in [4.69, 9.17) is 4.74 Å². The van der Waals surface area contributed by atoms with Gasteiger partial charge in [-0.05, 0) is 60.9 Å². The van der Waals surface area contributed by atoms with E-state index in [2.05, 4.69) is 41.6 Å². The van der Waals surface area contributed by atoms with Crippen LogP contribution in [0.4, 0.5) is 5.69 Å². The Balaban J connectivity index is 1.46. The number of pyridine rings is 1. The van der Waals surface area contributed by atoms with Gasteiger partial charge in [0.1, 0.15) is 0 Å². The Morgan fingerprint density at radius 3 is 2.56 bits per heavy atom. The SMILES string of the molecule is CCOC(=O)CCNC(=O)c1ccc(C(Nc2cnc3ccccc3c2)C2CC(C)(C)C2)cc1. The van der Waals surface area contributed by atoms with Gasteiger partial charge in [0.2, 0.25) is 0 Å². The van der Waals surface area contributed by atoms with Crippen molar-refractivity contribution < 1.29 is 14.3 Å². The first-order valence-electron chi connectivity index (χ1n) is 12.0. The highest BCUT2D eigenvalue weighted by atomic mass is 16.5. The van der Waals surface area contributed by atoms with Crippen molar-refractivity contribution in [2.24, 2.45) is 11.3 Å². The molecule has 1 aliphatic rings. The molecular weight excluding hydrogens is 426 g/mol. The summed E-state index contributed by atoms with van der Waals surface area (Å²) < 4.78 is 4.90. The number of fused-ring (bicyclic) bond motifs is 1. The molecule has 2 N–H and O–H groups in total. The van der Waals surface area contributed by atoms with Crippen LogP contribution in [0.2, 0.25) is 0 Å². The molecule has 1 saturated carbocycles. The molecule has 0 bridgehead atoms. The van der Waals surface area contributed by atoms with Crippen LogP contribution >= 0.6 is 0 Å². The zero-order chi connectivity index (χ0) is 24.1. The number of aromatic nitrogens is 1. The molecule has 2 aromatic carbocycles. The van der Waals surface area contributed by atoms with Gasteiger partial charge < -0.3 is 15.4 Å². The van der Waals surface area contributed by atoms with Crippen LogP contribution in [0, 0.1) is 11.3 Å². The number of rotatable bonds is 9. The maximum atomic E-state index is 12.5. The zero-order valence-corrected chi connectivity index (χ0v) is 20.1. The second kappa shape index (κ2) is 10.2. The molecule has 1 fully saturated rings. The monoisotopic (exact) mass is 459 g/mol. The molecule has 34 heavy (non-hydrogen) atoms. The predicted octanol–water partition coefficient (Wildman–Crippen LogP) is 5.51. The normalized spacial score (nSPS) is 15.9. The maximum Gasteiger partial charge on any atom is 0.307 e. The summed E-state index contributed by atoms with van der Waals surface area (Å²) in [4.78, 5) is 28.5. The van der Waals surface area contributed by atoms with Crippen molar-refractivity contribution in [1.82, 2.24) is 10.3 Å². The standard InChI is InChI=1S/C28H33N3O3/c1-4-34-25(32)13-14-29-27(33)20-11-9-19(10-12-20)26(22-16-28(2,3)17-22)31-23-15-21-7-5-6-8-24(21)30-18-23/h5-12,15,18,22,26,31H,4,13-14,16-17H2,1-3H3,(H,29,33). The first-order valence-corrected chi connectivity index (χ1v) is 12.0. The highest BCUT2D eigenvalue weighted by Gasteiger charge is 2.41. The van der Waals surface area contributed by atoms with E-state index in [0.29, 0.717) is 23.5 Å². The maximum absolute atomic E-state index is 12.5. The quantitative estimate of drug-likeness (QED) is 0.413. The van der Waals surface area contributed by atoms with Crippen LogP contribution in [0.3, 0.4) is 0 Å². The Hall–Kier alpha value is -3.41. The highest BCUT2D eigenvalue weighted by molar-refractivity contribution is 5.94. The first-order chi connectivity index (χ1) is 16.3. The van der Waals surface area contributed by atoms with Crippen LogP contribution in [0.5, 0.6) is 0 Å². The van der Waals surface area contributed by atoms with E-state index in [1.807, 2.05) is 48.7 Å². The summed E-state index contributed by atoms with van der Waals surface area (Å²) >= 11 is 0. The fraction of sp³-hybridized carbons (Fsp3) is 0.393.